The Labute approximate surface area is 213 Å². The third kappa shape index (κ3) is 4.74. The lowest BCUT2D eigenvalue weighted by Gasteiger charge is -2.56. The standard InChI is InChI=1S/C27H30ClF3N4O/c28-22-2-1-16(8-21(22)27(29,30)31)13-35-4-3-20-23(14-35)32-15-33-25(20)34-24(36)12-26-9-17-5-18(10-26)7-19(6-17)11-26/h1-2,8,15,17-19H,3-7,9-14H2,(H,32,33,34,36). The van der Waals surface area contributed by atoms with Gasteiger partial charge in [-0.2, -0.15) is 13.2 Å². The smallest absolute Gasteiger partial charge is 0.310 e. The maximum absolute atomic E-state index is 13.2. The largest absolute Gasteiger partial charge is 0.417 e. The zero-order valence-electron chi connectivity index (χ0n) is 20.1. The highest BCUT2D eigenvalue weighted by Gasteiger charge is 2.51. The van der Waals surface area contributed by atoms with Crippen molar-refractivity contribution in [1.82, 2.24) is 14.9 Å². The Balaban J connectivity index is 1.12. The van der Waals surface area contributed by atoms with E-state index in [0.29, 0.717) is 43.9 Å². The zero-order valence-corrected chi connectivity index (χ0v) is 20.8. The summed E-state index contributed by atoms with van der Waals surface area (Å²) >= 11 is 5.76. The number of hydrogen-bond acceptors (Lipinski definition) is 4. The normalized spacial score (nSPS) is 29.3. The Morgan fingerprint density at radius 2 is 1.81 bits per heavy atom. The van der Waals surface area contributed by atoms with Crippen LogP contribution in [0.5, 0.6) is 0 Å². The molecule has 2 aromatic rings. The minimum atomic E-state index is -4.49. The van der Waals surface area contributed by atoms with Gasteiger partial charge in [-0.1, -0.05) is 17.7 Å². The number of carbonyl (C=O) groups excluding carboxylic acids is 1. The number of aromatic nitrogens is 2. The van der Waals surface area contributed by atoms with Gasteiger partial charge in [0.25, 0.3) is 0 Å². The third-order valence-corrected chi connectivity index (χ3v) is 9.12. The summed E-state index contributed by atoms with van der Waals surface area (Å²) in [6.07, 6.45) is 5.78. The summed E-state index contributed by atoms with van der Waals surface area (Å²) in [4.78, 5) is 24.0. The van der Waals surface area contributed by atoms with Gasteiger partial charge in [-0.15, -0.1) is 0 Å². The van der Waals surface area contributed by atoms with Crippen molar-refractivity contribution in [1.29, 1.82) is 0 Å². The van der Waals surface area contributed by atoms with Gasteiger partial charge >= 0.3 is 6.18 Å². The Morgan fingerprint density at radius 3 is 2.47 bits per heavy atom. The number of anilines is 1. The van der Waals surface area contributed by atoms with Crippen molar-refractivity contribution in [3.63, 3.8) is 0 Å². The van der Waals surface area contributed by atoms with Crippen LogP contribution in [0.4, 0.5) is 19.0 Å². The maximum atomic E-state index is 13.2. The highest BCUT2D eigenvalue weighted by molar-refractivity contribution is 6.31. The summed E-state index contributed by atoms with van der Waals surface area (Å²) < 4.78 is 39.7. The first-order valence-electron chi connectivity index (χ1n) is 12.9. The minimum Gasteiger partial charge on any atom is -0.310 e. The Kier molecular flexibility index (Phi) is 6.03. The summed E-state index contributed by atoms with van der Waals surface area (Å²) in [6.45, 7) is 1.49. The Morgan fingerprint density at radius 1 is 1.11 bits per heavy atom. The lowest BCUT2D eigenvalue weighted by molar-refractivity contribution is -0.137. The number of benzene rings is 1. The molecular weight excluding hydrogens is 489 g/mol. The van der Waals surface area contributed by atoms with E-state index in [1.807, 2.05) is 0 Å². The quantitative estimate of drug-likeness (QED) is 0.508. The van der Waals surface area contributed by atoms with Gasteiger partial charge in [-0.05, 0) is 85.8 Å². The van der Waals surface area contributed by atoms with Crippen molar-refractivity contribution in [3.05, 3.63) is 51.9 Å². The average Bonchev–Trinajstić information content (AvgIpc) is 2.78. The number of nitrogens with zero attached hydrogens (tertiary/aromatic N) is 3. The van der Waals surface area contributed by atoms with Crippen molar-refractivity contribution in [3.8, 4) is 0 Å². The van der Waals surface area contributed by atoms with Crippen LogP contribution in [0, 0.1) is 23.2 Å². The molecule has 0 unspecified atom stereocenters. The first-order valence-corrected chi connectivity index (χ1v) is 13.2. The van der Waals surface area contributed by atoms with Gasteiger partial charge in [0.2, 0.25) is 5.91 Å². The second kappa shape index (κ2) is 8.98. The molecule has 0 atom stereocenters. The Hall–Kier alpha value is -2.19. The molecule has 36 heavy (non-hydrogen) atoms. The summed E-state index contributed by atoms with van der Waals surface area (Å²) in [5.41, 5.74) is 1.64. The molecule has 0 radical (unpaired) electrons. The van der Waals surface area contributed by atoms with Crippen LogP contribution in [0.2, 0.25) is 5.02 Å². The van der Waals surface area contributed by atoms with Crippen molar-refractivity contribution in [2.45, 2.75) is 70.6 Å². The minimum absolute atomic E-state index is 0.0427. The first-order chi connectivity index (χ1) is 17.2. The monoisotopic (exact) mass is 518 g/mol. The lowest BCUT2D eigenvalue weighted by Crippen LogP contribution is -2.47. The molecule has 5 nitrogen and oxygen atoms in total. The lowest BCUT2D eigenvalue weighted by atomic mass is 9.49. The molecule has 5 aliphatic rings. The SMILES string of the molecule is O=C(CC12CC3CC(CC(C3)C1)C2)Nc1ncnc2c1CCN(Cc1ccc(Cl)c(C(F)(F)F)c1)C2. The molecule has 7 rings (SSSR count). The predicted octanol–water partition coefficient (Wildman–Crippen LogP) is 6.25. The van der Waals surface area contributed by atoms with Crippen molar-refractivity contribution < 1.29 is 18.0 Å². The van der Waals surface area contributed by atoms with Gasteiger partial charge in [-0.3, -0.25) is 9.69 Å². The molecule has 4 bridgehead atoms. The summed E-state index contributed by atoms with van der Waals surface area (Å²) in [7, 11) is 0. The second-order valence-electron chi connectivity index (χ2n) is 11.6. The van der Waals surface area contributed by atoms with Gasteiger partial charge in [0.15, 0.2) is 0 Å². The molecule has 1 N–H and O–H groups in total. The molecule has 4 saturated carbocycles. The maximum Gasteiger partial charge on any atom is 0.417 e. The van der Waals surface area contributed by atoms with E-state index in [1.165, 1.54) is 50.9 Å². The van der Waals surface area contributed by atoms with Crippen molar-refractivity contribution >= 4 is 23.3 Å². The van der Waals surface area contributed by atoms with Gasteiger partial charge in [0.05, 0.1) is 16.3 Å². The van der Waals surface area contributed by atoms with Crippen LogP contribution < -0.4 is 5.32 Å². The number of halogens is 4. The number of hydrogen-bond donors (Lipinski definition) is 1. The van der Waals surface area contributed by atoms with Gasteiger partial charge < -0.3 is 5.32 Å². The molecule has 192 valence electrons. The molecule has 9 heteroatoms. The first kappa shape index (κ1) is 24.2. The van der Waals surface area contributed by atoms with Crippen molar-refractivity contribution in [2.24, 2.45) is 23.2 Å². The topological polar surface area (TPSA) is 58.1 Å². The molecule has 1 aromatic heterocycles. The molecule has 0 spiro atoms. The van der Waals surface area contributed by atoms with Gasteiger partial charge in [-0.25, -0.2) is 9.97 Å². The molecule has 1 aliphatic heterocycles. The Bertz CT molecular complexity index is 1150. The number of amides is 1. The fraction of sp³-hybridized carbons (Fsp3) is 0.593. The fourth-order valence-electron chi connectivity index (χ4n) is 7.82. The number of carbonyl (C=O) groups is 1. The van der Waals surface area contributed by atoms with Crippen LogP contribution in [-0.2, 0) is 30.5 Å². The van der Waals surface area contributed by atoms with E-state index in [9.17, 15) is 18.0 Å². The van der Waals surface area contributed by atoms with E-state index < -0.39 is 11.7 Å². The van der Waals surface area contributed by atoms with Crippen molar-refractivity contribution in [2.75, 3.05) is 11.9 Å². The number of rotatable bonds is 5. The van der Waals surface area contributed by atoms with Crippen LogP contribution in [0.1, 0.15) is 67.3 Å². The summed E-state index contributed by atoms with van der Waals surface area (Å²) in [5.74, 6) is 3.03. The van der Waals surface area contributed by atoms with E-state index >= 15 is 0 Å². The second-order valence-corrected chi connectivity index (χ2v) is 12.0. The molecule has 4 aliphatic carbocycles. The van der Waals surface area contributed by atoms with Crippen LogP contribution >= 0.6 is 11.6 Å². The summed E-state index contributed by atoms with van der Waals surface area (Å²) in [5, 5.41) is 2.80. The van der Waals surface area contributed by atoms with Crippen LogP contribution in [0.3, 0.4) is 0 Å². The number of alkyl halides is 3. The van der Waals surface area contributed by atoms with Crippen LogP contribution in [-0.4, -0.2) is 27.3 Å². The van der Waals surface area contributed by atoms with E-state index in [-0.39, 0.29) is 16.3 Å². The highest BCUT2D eigenvalue weighted by atomic mass is 35.5. The molecular formula is C27H30ClF3N4O. The number of nitrogens with one attached hydrogen (secondary N) is 1. The molecule has 4 fully saturated rings. The van der Waals surface area contributed by atoms with Crippen LogP contribution in [0.15, 0.2) is 24.5 Å². The van der Waals surface area contributed by atoms with E-state index in [0.717, 1.165) is 35.1 Å². The van der Waals surface area contributed by atoms with E-state index in [1.54, 1.807) is 6.07 Å². The molecule has 1 aromatic carbocycles. The molecule has 0 saturated heterocycles. The molecule has 2 heterocycles. The average molecular weight is 519 g/mol. The summed E-state index contributed by atoms with van der Waals surface area (Å²) in [6, 6.07) is 4.05. The number of fused-ring (bicyclic) bond motifs is 1. The predicted molar refractivity (Wildman–Crippen MR) is 130 cm³/mol. The highest BCUT2D eigenvalue weighted by Crippen LogP contribution is 2.61. The van der Waals surface area contributed by atoms with Crippen LogP contribution in [0.25, 0.3) is 0 Å². The third-order valence-electron chi connectivity index (χ3n) is 8.79. The van der Waals surface area contributed by atoms with E-state index in [2.05, 4.69) is 20.2 Å². The van der Waals surface area contributed by atoms with Gasteiger partial charge in [0, 0.05) is 31.6 Å². The zero-order chi connectivity index (χ0) is 25.1. The van der Waals surface area contributed by atoms with E-state index in [4.69, 9.17) is 11.6 Å². The van der Waals surface area contributed by atoms with Gasteiger partial charge in [0.1, 0.15) is 12.1 Å². The fourth-order valence-corrected chi connectivity index (χ4v) is 8.05. The molecule has 1 amide bonds.